The fourth-order valence-electron chi connectivity index (χ4n) is 1.15. The Bertz CT molecular complexity index is 440. The lowest BCUT2D eigenvalue weighted by Gasteiger charge is -2.09. The molecule has 5 heteroatoms. The first kappa shape index (κ1) is 13.0. The summed E-state index contributed by atoms with van der Waals surface area (Å²) in [5.41, 5.74) is 0. The van der Waals surface area contributed by atoms with E-state index >= 15 is 0 Å². The van der Waals surface area contributed by atoms with Gasteiger partial charge in [0.1, 0.15) is 5.76 Å². The van der Waals surface area contributed by atoms with Crippen LogP contribution in [0.1, 0.15) is 6.92 Å². The maximum Gasteiger partial charge on any atom is 0.333 e. The Hall–Kier alpha value is -2.04. The van der Waals surface area contributed by atoms with E-state index in [1.54, 1.807) is 6.07 Å². The van der Waals surface area contributed by atoms with Gasteiger partial charge in [-0.15, -0.1) is 0 Å². The third-order valence-corrected chi connectivity index (χ3v) is 1.94. The number of carbonyl (C=O) groups is 1. The molecule has 0 saturated heterocycles. The highest BCUT2D eigenvalue weighted by Crippen LogP contribution is 2.27. The summed E-state index contributed by atoms with van der Waals surface area (Å²) in [6.45, 7) is 1.52. The first-order valence-corrected chi connectivity index (χ1v) is 4.85. The molecule has 0 atom stereocenters. The number of hydrogen-bond donors (Lipinski definition) is 0. The third-order valence-electron chi connectivity index (χ3n) is 1.94. The van der Waals surface area contributed by atoms with Crippen LogP contribution < -0.4 is 9.47 Å². The van der Waals surface area contributed by atoms with Gasteiger partial charge in [-0.2, -0.15) is 4.39 Å². The molecule has 92 valence electrons. The molecule has 0 bridgehead atoms. The molecule has 0 amide bonds. The van der Waals surface area contributed by atoms with Crippen molar-refractivity contribution in [2.24, 2.45) is 0 Å². The van der Waals surface area contributed by atoms with Crippen LogP contribution in [-0.2, 0) is 9.53 Å². The van der Waals surface area contributed by atoms with Crippen LogP contribution in [0.3, 0.4) is 0 Å². The molecule has 17 heavy (non-hydrogen) atoms. The van der Waals surface area contributed by atoms with Crippen LogP contribution in [0, 0.1) is 5.82 Å². The van der Waals surface area contributed by atoms with Crippen molar-refractivity contribution < 1.29 is 23.4 Å². The first-order chi connectivity index (χ1) is 8.08. The lowest BCUT2D eigenvalue weighted by molar-refractivity contribution is -0.135. The second kappa shape index (κ2) is 5.89. The van der Waals surface area contributed by atoms with E-state index in [9.17, 15) is 9.18 Å². The van der Waals surface area contributed by atoms with E-state index in [1.807, 2.05) is 0 Å². The Morgan fingerprint density at radius 3 is 2.53 bits per heavy atom. The van der Waals surface area contributed by atoms with Gasteiger partial charge in [0.25, 0.3) is 0 Å². The number of ether oxygens (including phenoxy) is 3. The van der Waals surface area contributed by atoms with Gasteiger partial charge in [0.2, 0.25) is 5.82 Å². The van der Waals surface area contributed by atoms with Crippen LogP contribution in [0.5, 0.6) is 11.5 Å². The van der Waals surface area contributed by atoms with Crippen LogP contribution in [0.25, 0.3) is 0 Å². The minimum Gasteiger partial charge on any atom is -0.494 e. The van der Waals surface area contributed by atoms with Gasteiger partial charge in [0, 0.05) is 0 Å². The molecule has 1 rings (SSSR count). The fourth-order valence-corrected chi connectivity index (χ4v) is 1.15. The zero-order valence-electron chi connectivity index (χ0n) is 9.82. The number of esters is 1. The SMILES string of the molecule is COC(=O)/C=C(/C)Oc1cccc(OC)c1F. The molecular formula is C12H13FO4. The molecule has 0 aliphatic heterocycles. The predicted octanol–water partition coefficient (Wildman–Crippen LogP) is 2.29. The van der Waals surface area contributed by atoms with Crippen molar-refractivity contribution in [3.8, 4) is 11.5 Å². The largest absolute Gasteiger partial charge is 0.494 e. The number of benzene rings is 1. The fraction of sp³-hybridized carbons (Fsp3) is 0.250. The second-order valence-electron chi connectivity index (χ2n) is 3.15. The van der Waals surface area contributed by atoms with Crippen molar-refractivity contribution in [3.05, 3.63) is 35.9 Å². The average Bonchev–Trinajstić information content (AvgIpc) is 2.31. The summed E-state index contributed by atoms with van der Waals surface area (Å²) in [6, 6.07) is 4.50. The van der Waals surface area contributed by atoms with Crippen molar-refractivity contribution in [2.45, 2.75) is 6.92 Å². The van der Waals surface area contributed by atoms with E-state index in [-0.39, 0.29) is 17.3 Å². The number of carbonyl (C=O) groups excluding carboxylic acids is 1. The van der Waals surface area contributed by atoms with Gasteiger partial charge in [-0.05, 0) is 19.1 Å². The molecule has 0 radical (unpaired) electrons. The number of methoxy groups -OCH3 is 2. The Kier molecular flexibility index (Phi) is 4.51. The lowest BCUT2D eigenvalue weighted by atomic mass is 10.3. The summed E-state index contributed by atoms with van der Waals surface area (Å²) in [6.07, 6.45) is 1.12. The quantitative estimate of drug-likeness (QED) is 0.460. The predicted molar refractivity (Wildman–Crippen MR) is 59.4 cm³/mol. The van der Waals surface area contributed by atoms with Gasteiger partial charge in [0.05, 0.1) is 20.3 Å². The van der Waals surface area contributed by atoms with Crippen molar-refractivity contribution in [3.63, 3.8) is 0 Å². The molecule has 4 nitrogen and oxygen atoms in total. The van der Waals surface area contributed by atoms with Crippen LogP contribution in [0.2, 0.25) is 0 Å². The summed E-state index contributed by atoms with van der Waals surface area (Å²) in [7, 11) is 2.61. The normalized spacial score (nSPS) is 10.9. The van der Waals surface area contributed by atoms with Crippen molar-refractivity contribution in [1.29, 1.82) is 0 Å². The Labute approximate surface area is 98.6 Å². The average molecular weight is 240 g/mol. The van der Waals surface area contributed by atoms with E-state index in [2.05, 4.69) is 4.74 Å². The molecule has 0 saturated carbocycles. The van der Waals surface area contributed by atoms with Gasteiger partial charge in [0.15, 0.2) is 11.5 Å². The summed E-state index contributed by atoms with van der Waals surface area (Å²) in [4.78, 5) is 10.9. The molecular weight excluding hydrogens is 227 g/mol. The first-order valence-electron chi connectivity index (χ1n) is 4.85. The van der Waals surface area contributed by atoms with Gasteiger partial charge in [-0.1, -0.05) is 6.07 Å². The van der Waals surface area contributed by atoms with E-state index in [0.717, 1.165) is 6.08 Å². The molecule has 0 aliphatic rings. The molecule has 0 fully saturated rings. The molecule has 0 aliphatic carbocycles. The van der Waals surface area contributed by atoms with Gasteiger partial charge >= 0.3 is 5.97 Å². The molecule has 0 N–H and O–H groups in total. The minimum absolute atomic E-state index is 0.0120. The third kappa shape index (κ3) is 3.48. The van der Waals surface area contributed by atoms with E-state index in [0.29, 0.717) is 0 Å². The van der Waals surface area contributed by atoms with Crippen LogP contribution in [0.15, 0.2) is 30.0 Å². The summed E-state index contributed by atoms with van der Waals surface area (Å²) in [5, 5.41) is 0. The van der Waals surface area contributed by atoms with Crippen LogP contribution in [0.4, 0.5) is 4.39 Å². The summed E-state index contributed by atoms with van der Waals surface area (Å²) < 4.78 is 28.0. The van der Waals surface area contributed by atoms with Crippen LogP contribution >= 0.6 is 0 Å². The van der Waals surface area contributed by atoms with Crippen molar-refractivity contribution in [2.75, 3.05) is 14.2 Å². The zero-order valence-corrected chi connectivity index (χ0v) is 9.82. The standard InChI is InChI=1S/C12H13FO4/c1-8(7-11(14)16-3)17-10-6-4-5-9(15-2)12(10)13/h4-7H,1-3H3/b8-7-. The summed E-state index contributed by atoms with van der Waals surface area (Å²) >= 11 is 0. The number of halogens is 1. The Balaban J connectivity index is 2.89. The molecule has 0 unspecified atom stereocenters. The summed E-state index contributed by atoms with van der Waals surface area (Å²) in [5.74, 6) is -0.891. The Morgan fingerprint density at radius 1 is 1.29 bits per heavy atom. The molecule has 0 aromatic heterocycles. The van der Waals surface area contributed by atoms with E-state index in [1.165, 1.54) is 33.3 Å². The molecule has 1 aromatic rings. The molecule has 0 spiro atoms. The monoisotopic (exact) mass is 240 g/mol. The number of rotatable bonds is 4. The van der Waals surface area contributed by atoms with E-state index < -0.39 is 11.8 Å². The number of allylic oxidation sites excluding steroid dienone is 1. The van der Waals surface area contributed by atoms with Crippen LogP contribution in [-0.4, -0.2) is 20.2 Å². The lowest BCUT2D eigenvalue weighted by Crippen LogP contribution is -2.01. The second-order valence-corrected chi connectivity index (χ2v) is 3.15. The minimum atomic E-state index is -0.618. The highest BCUT2D eigenvalue weighted by molar-refractivity contribution is 5.82. The maximum absolute atomic E-state index is 13.7. The highest BCUT2D eigenvalue weighted by Gasteiger charge is 2.10. The van der Waals surface area contributed by atoms with Crippen molar-refractivity contribution >= 4 is 5.97 Å². The van der Waals surface area contributed by atoms with Gasteiger partial charge in [-0.25, -0.2) is 4.79 Å². The van der Waals surface area contributed by atoms with Crippen molar-refractivity contribution in [1.82, 2.24) is 0 Å². The smallest absolute Gasteiger partial charge is 0.333 e. The highest BCUT2D eigenvalue weighted by atomic mass is 19.1. The molecule has 1 aromatic carbocycles. The Morgan fingerprint density at radius 2 is 1.94 bits per heavy atom. The van der Waals surface area contributed by atoms with E-state index in [4.69, 9.17) is 9.47 Å². The molecule has 0 heterocycles. The maximum atomic E-state index is 13.7. The van der Waals surface area contributed by atoms with Gasteiger partial charge < -0.3 is 14.2 Å². The zero-order chi connectivity index (χ0) is 12.8. The topological polar surface area (TPSA) is 44.8 Å². The number of hydrogen-bond acceptors (Lipinski definition) is 4. The van der Waals surface area contributed by atoms with Gasteiger partial charge in [-0.3, -0.25) is 0 Å².